The summed E-state index contributed by atoms with van der Waals surface area (Å²) in [4.78, 5) is 11.8. The van der Waals surface area contributed by atoms with Gasteiger partial charge in [-0.2, -0.15) is 0 Å². The lowest BCUT2D eigenvalue weighted by atomic mass is 9.89. The fourth-order valence-electron chi connectivity index (χ4n) is 2.07. The molecule has 0 bridgehead atoms. The van der Waals surface area contributed by atoms with Crippen LogP contribution >= 0.6 is 0 Å². The van der Waals surface area contributed by atoms with Crippen LogP contribution in [0.15, 0.2) is 18.2 Å². The highest BCUT2D eigenvalue weighted by atomic mass is 16.1. The van der Waals surface area contributed by atoms with E-state index >= 15 is 0 Å². The van der Waals surface area contributed by atoms with Crippen molar-refractivity contribution in [1.29, 1.82) is 0 Å². The summed E-state index contributed by atoms with van der Waals surface area (Å²) in [6, 6.07) is 6.45. The van der Waals surface area contributed by atoms with Crippen LogP contribution in [0.5, 0.6) is 0 Å². The number of benzene rings is 1. The quantitative estimate of drug-likeness (QED) is 0.753. The van der Waals surface area contributed by atoms with Crippen molar-refractivity contribution in [3.8, 4) is 0 Å². The number of aryl methyl sites for hydroxylation is 2. The predicted octanol–water partition coefficient (Wildman–Crippen LogP) is 3.71. The van der Waals surface area contributed by atoms with Gasteiger partial charge >= 0.3 is 0 Å². The van der Waals surface area contributed by atoms with Crippen LogP contribution in [0.4, 0.5) is 0 Å². The third kappa shape index (κ3) is 3.19. The SMILES string of the molecule is Cc1ccc(CC(C)C(=O)C(C)C)c(C)c1. The number of ketones is 1. The summed E-state index contributed by atoms with van der Waals surface area (Å²) in [6.07, 6.45) is 0.864. The first-order valence-corrected chi connectivity index (χ1v) is 6.01. The smallest absolute Gasteiger partial charge is 0.138 e. The molecule has 16 heavy (non-hydrogen) atoms. The van der Waals surface area contributed by atoms with Gasteiger partial charge in [0.25, 0.3) is 0 Å². The number of carbonyl (C=O) groups excluding carboxylic acids is 1. The Balaban J connectivity index is 2.77. The second-order valence-electron chi connectivity index (χ2n) is 5.09. The normalized spacial score (nSPS) is 12.9. The van der Waals surface area contributed by atoms with Gasteiger partial charge in [-0.25, -0.2) is 0 Å². The summed E-state index contributed by atoms with van der Waals surface area (Å²) in [7, 11) is 0. The lowest BCUT2D eigenvalue weighted by Gasteiger charge is -2.14. The highest BCUT2D eigenvalue weighted by Gasteiger charge is 2.17. The second kappa shape index (κ2) is 5.29. The molecule has 0 spiro atoms. The van der Waals surface area contributed by atoms with Crippen LogP contribution in [0.25, 0.3) is 0 Å². The van der Waals surface area contributed by atoms with Gasteiger partial charge in [-0.1, -0.05) is 44.5 Å². The molecule has 88 valence electrons. The van der Waals surface area contributed by atoms with Gasteiger partial charge < -0.3 is 0 Å². The van der Waals surface area contributed by atoms with Crippen LogP contribution in [0.1, 0.15) is 37.5 Å². The van der Waals surface area contributed by atoms with E-state index in [0.29, 0.717) is 5.78 Å². The van der Waals surface area contributed by atoms with Crippen LogP contribution in [-0.2, 0) is 11.2 Å². The highest BCUT2D eigenvalue weighted by Crippen LogP contribution is 2.17. The highest BCUT2D eigenvalue weighted by molar-refractivity contribution is 5.82. The van der Waals surface area contributed by atoms with Gasteiger partial charge in [0.1, 0.15) is 5.78 Å². The average Bonchev–Trinajstić information content (AvgIpc) is 2.20. The van der Waals surface area contributed by atoms with Crippen molar-refractivity contribution in [2.75, 3.05) is 0 Å². The van der Waals surface area contributed by atoms with Crippen molar-refractivity contribution in [2.24, 2.45) is 11.8 Å². The molecule has 1 atom stereocenters. The number of Topliss-reactive ketones (excluding diaryl/α,β-unsaturated/α-hetero) is 1. The molecule has 1 aromatic rings. The third-order valence-corrected chi connectivity index (χ3v) is 3.08. The van der Waals surface area contributed by atoms with Crippen LogP contribution < -0.4 is 0 Å². The van der Waals surface area contributed by atoms with Gasteiger partial charge in [-0.3, -0.25) is 4.79 Å². The Morgan fingerprint density at radius 1 is 1.19 bits per heavy atom. The minimum atomic E-state index is 0.126. The second-order valence-corrected chi connectivity index (χ2v) is 5.09. The molecule has 0 amide bonds. The van der Waals surface area contributed by atoms with Gasteiger partial charge in [-0.05, 0) is 31.4 Å². The molecule has 0 saturated carbocycles. The van der Waals surface area contributed by atoms with E-state index in [-0.39, 0.29) is 11.8 Å². The van der Waals surface area contributed by atoms with E-state index < -0.39 is 0 Å². The van der Waals surface area contributed by atoms with Gasteiger partial charge in [0.05, 0.1) is 0 Å². The van der Waals surface area contributed by atoms with Crippen molar-refractivity contribution in [2.45, 2.75) is 41.0 Å². The fraction of sp³-hybridized carbons (Fsp3) is 0.533. The zero-order valence-corrected chi connectivity index (χ0v) is 11.0. The number of carbonyl (C=O) groups is 1. The lowest BCUT2D eigenvalue weighted by molar-refractivity contribution is -0.125. The molecule has 0 aliphatic heterocycles. The third-order valence-electron chi connectivity index (χ3n) is 3.08. The maximum atomic E-state index is 11.8. The number of rotatable bonds is 4. The van der Waals surface area contributed by atoms with E-state index in [0.717, 1.165) is 6.42 Å². The molecule has 1 aromatic carbocycles. The number of hydrogen-bond acceptors (Lipinski definition) is 1. The van der Waals surface area contributed by atoms with E-state index in [2.05, 4.69) is 32.0 Å². The lowest BCUT2D eigenvalue weighted by Crippen LogP contribution is -2.19. The summed E-state index contributed by atoms with van der Waals surface area (Å²) in [5.74, 6) is 0.627. The molecule has 0 saturated heterocycles. The van der Waals surface area contributed by atoms with Crippen molar-refractivity contribution < 1.29 is 4.79 Å². The molecular formula is C15H22O. The van der Waals surface area contributed by atoms with Gasteiger partial charge in [0, 0.05) is 11.8 Å². The number of hydrogen-bond donors (Lipinski definition) is 0. The Bertz CT molecular complexity index is 377. The Kier molecular flexibility index (Phi) is 4.28. The first kappa shape index (κ1) is 13.0. The molecule has 0 fully saturated rings. The van der Waals surface area contributed by atoms with E-state index in [1.165, 1.54) is 16.7 Å². The van der Waals surface area contributed by atoms with Crippen LogP contribution in [0, 0.1) is 25.7 Å². The molecule has 1 rings (SSSR count). The molecule has 0 aliphatic rings. The Labute approximate surface area is 98.9 Å². The standard InChI is InChI=1S/C15H22O/c1-10(2)15(16)13(5)9-14-7-6-11(3)8-12(14)4/h6-8,10,13H,9H2,1-5H3. The molecule has 0 aromatic heterocycles. The molecule has 0 heterocycles. The van der Waals surface area contributed by atoms with Crippen molar-refractivity contribution in [3.05, 3.63) is 34.9 Å². The van der Waals surface area contributed by atoms with Crippen LogP contribution in [0.2, 0.25) is 0 Å². The predicted molar refractivity (Wildman–Crippen MR) is 68.6 cm³/mol. The summed E-state index contributed by atoms with van der Waals surface area (Å²) in [5, 5.41) is 0. The first-order valence-electron chi connectivity index (χ1n) is 6.01. The largest absolute Gasteiger partial charge is 0.299 e. The monoisotopic (exact) mass is 218 g/mol. The van der Waals surface area contributed by atoms with Crippen molar-refractivity contribution in [1.82, 2.24) is 0 Å². The zero-order valence-electron chi connectivity index (χ0n) is 11.0. The molecule has 1 heteroatoms. The molecule has 0 aliphatic carbocycles. The molecule has 0 radical (unpaired) electrons. The van der Waals surface area contributed by atoms with E-state index in [4.69, 9.17) is 0 Å². The summed E-state index contributed by atoms with van der Waals surface area (Å²) >= 11 is 0. The van der Waals surface area contributed by atoms with Crippen molar-refractivity contribution in [3.63, 3.8) is 0 Å². The minimum Gasteiger partial charge on any atom is -0.299 e. The minimum absolute atomic E-state index is 0.126. The Morgan fingerprint density at radius 2 is 1.81 bits per heavy atom. The fourth-order valence-corrected chi connectivity index (χ4v) is 2.07. The topological polar surface area (TPSA) is 17.1 Å². The average molecular weight is 218 g/mol. The Hall–Kier alpha value is -1.11. The van der Waals surface area contributed by atoms with Gasteiger partial charge in [-0.15, -0.1) is 0 Å². The Morgan fingerprint density at radius 3 is 2.31 bits per heavy atom. The molecular weight excluding hydrogens is 196 g/mol. The maximum absolute atomic E-state index is 11.8. The summed E-state index contributed by atoms with van der Waals surface area (Å²) in [6.45, 7) is 10.2. The van der Waals surface area contributed by atoms with Gasteiger partial charge in [0.15, 0.2) is 0 Å². The first-order chi connectivity index (χ1) is 7.41. The summed E-state index contributed by atoms with van der Waals surface area (Å²) < 4.78 is 0. The van der Waals surface area contributed by atoms with Crippen LogP contribution in [0.3, 0.4) is 0 Å². The van der Waals surface area contributed by atoms with E-state index in [9.17, 15) is 4.79 Å². The maximum Gasteiger partial charge on any atom is 0.138 e. The van der Waals surface area contributed by atoms with Crippen molar-refractivity contribution >= 4 is 5.78 Å². The molecule has 0 N–H and O–H groups in total. The zero-order chi connectivity index (χ0) is 12.3. The van der Waals surface area contributed by atoms with Crippen LogP contribution in [-0.4, -0.2) is 5.78 Å². The van der Waals surface area contributed by atoms with E-state index in [1.807, 2.05) is 20.8 Å². The van der Waals surface area contributed by atoms with E-state index in [1.54, 1.807) is 0 Å². The van der Waals surface area contributed by atoms with Gasteiger partial charge in [0.2, 0.25) is 0 Å². The molecule has 1 unspecified atom stereocenters. The summed E-state index contributed by atoms with van der Waals surface area (Å²) in [5.41, 5.74) is 3.87. The molecule has 1 nitrogen and oxygen atoms in total.